The lowest BCUT2D eigenvalue weighted by Gasteiger charge is -2.48. The second kappa shape index (κ2) is 15.3. The Kier molecular flexibility index (Phi) is 12.6. The molecule has 13 nitrogen and oxygen atoms in total. The van der Waals surface area contributed by atoms with E-state index in [0.717, 1.165) is 5.57 Å². The van der Waals surface area contributed by atoms with Gasteiger partial charge >= 0.3 is 5.97 Å². The number of rotatable bonds is 9. The van der Waals surface area contributed by atoms with E-state index in [4.69, 9.17) is 33.2 Å². The number of nitrogens with one attached hydrogen (secondary N) is 1. The summed E-state index contributed by atoms with van der Waals surface area (Å²) < 4.78 is 44.6. The van der Waals surface area contributed by atoms with Crippen molar-refractivity contribution in [1.29, 1.82) is 0 Å². The predicted octanol–water partition coefficient (Wildman–Crippen LogP) is 2.55. The van der Waals surface area contributed by atoms with Gasteiger partial charge in [0.1, 0.15) is 41.4 Å². The van der Waals surface area contributed by atoms with E-state index in [1.165, 1.54) is 14.0 Å². The number of fused-ring (bicyclic) bond motifs is 2. The number of aliphatic hydroxyl groups is 4. The van der Waals surface area contributed by atoms with Crippen LogP contribution < -0.4 is 5.32 Å². The Balaban J connectivity index is 1.82. The first-order valence-electron chi connectivity index (χ1n) is 17.9. The Bertz CT molecular complexity index is 1180. The number of ether oxygens (including phenoxy) is 7. The Labute approximate surface area is 291 Å². The van der Waals surface area contributed by atoms with Gasteiger partial charge in [-0.25, -0.2) is 0 Å². The smallest absolute Gasteiger partial charge is 0.311 e. The van der Waals surface area contributed by atoms with Gasteiger partial charge in [-0.2, -0.15) is 0 Å². The molecule has 0 aromatic carbocycles. The van der Waals surface area contributed by atoms with Crippen molar-refractivity contribution in [2.75, 3.05) is 14.2 Å². The normalized spacial score (nSPS) is 47.1. The Morgan fingerprint density at radius 1 is 1.08 bits per heavy atom. The van der Waals surface area contributed by atoms with Gasteiger partial charge in [-0.05, 0) is 73.9 Å². The van der Waals surface area contributed by atoms with Gasteiger partial charge in [-0.15, -0.1) is 0 Å². The minimum atomic E-state index is -1.82. The Morgan fingerprint density at radius 2 is 1.73 bits per heavy atom. The number of hydrogen-bond acceptors (Lipinski definition) is 13. The summed E-state index contributed by atoms with van der Waals surface area (Å²) in [6.45, 7) is 17.9. The van der Waals surface area contributed by atoms with Gasteiger partial charge in [0.05, 0.1) is 41.9 Å². The molecule has 0 aromatic heterocycles. The molecule has 284 valence electrons. The van der Waals surface area contributed by atoms with Gasteiger partial charge in [-0.1, -0.05) is 20.8 Å². The number of cyclic esters (lactones) is 1. The lowest BCUT2D eigenvalue weighted by molar-refractivity contribution is -0.314. The highest BCUT2D eigenvalue weighted by Crippen LogP contribution is 2.48. The summed E-state index contributed by atoms with van der Waals surface area (Å²) in [4.78, 5) is 14.2. The third-order valence-electron chi connectivity index (χ3n) is 11.7. The van der Waals surface area contributed by atoms with Crippen LogP contribution in [0.15, 0.2) is 11.3 Å². The fraction of sp³-hybridized carbons (Fsp3) is 0.917. The molecule has 4 rings (SSSR count). The predicted molar refractivity (Wildman–Crippen MR) is 179 cm³/mol. The van der Waals surface area contributed by atoms with Crippen molar-refractivity contribution in [1.82, 2.24) is 5.32 Å². The maximum absolute atomic E-state index is 14.2. The van der Waals surface area contributed by atoms with Crippen LogP contribution in [0, 0.1) is 17.8 Å². The molecule has 3 saturated heterocycles. The molecule has 5 unspecified atom stereocenters. The van der Waals surface area contributed by atoms with Crippen molar-refractivity contribution in [2.45, 2.75) is 179 Å². The quantitative estimate of drug-likeness (QED) is 0.222. The van der Waals surface area contributed by atoms with Crippen molar-refractivity contribution in [3.8, 4) is 0 Å². The van der Waals surface area contributed by atoms with Crippen LogP contribution in [0.1, 0.15) is 94.9 Å². The van der Waals surface area contributed by atoms with Crippen molar-refractivity contribution in [2.24, 2.45) is 17.8 Å². The zero-order valence-electron chi connectivity index (χ0n) is 31.5. The van der Waals surface area contributed by atoms with Gasteiger partial charge in [-0.3, -0.25) is 4.79 Å². The highest BCUT2D eigenvalue weighted by Gasteiger charge is 2.56. The molecule has 0 aliphatic carbocycles. The molecule has 49 heavy (non-hydrogen) atoms. The van der Waals surface area contributed by atoms with Crippen molar-refractivity contribution < 1.29 is 58.4 Å². The summed E-state index contributed by atoms with van der Waals surface area (Å²) in [5, 5.41) is 48.1. The molecule has 0 radical (unpaired) electrons. The van der Waals surface area contributed by atoms with E-state index in [1.807, 2.05) is 34.6 Å². The van der Waals surface area contributed by atoms with Crippen LogP contribution in [0.2, 0.25) is 0 Å². The number of hydrogen-bond donors (Lipinski definition) is 5. The number of carbonyl (C=O) groups excluding carboxylic acids is 1. The Hall–Kier alpha value is -1.39. The number of methoxy groups -OCH3 is 1. The zero-order chi connectivity index (χ0) is 36.8. The summed E-state index contributed by atoms with van der Waals surface area (Å²) in [6, 6.07) is -0.274. The third-order valence-corrected chi connectivity index (χ3v) is 11.7. The van der Waals surface area contributed by atoms with Crippen molar-refractivity contribution in [3.05, 3.63) is 11.3 Å². The minimum absolute atomic E-state index is 0.174. The lowest BCUT2D eigenvalue weighted by atomic mass is 9.78. The monoisotopic (exact) mass is 701 g/mol. The summed E-state index contributed by atoms with van der Waals surface area (Å²) in [7, 11) is 3.31. The molecule has 3 fully saturated rings. The molecule has 5 N–H and O–H groups in total. The fourth-order valence-corrected chi connectivity index (χ4v) is 8.52. The molecule has 2 bridgehead atoms. The molecule has 4 aliphatic heterocycles. The molecular formula is C36H63NO12. The third kappa shape index (κ3) is 7.86. The first kappa shape index (κ1) is 40.4. The number of esters is 1. The van der Waals surface area contributed by atoms with Crippen molar-refractivity contribution >= 4 is 5.97 Å². The van der Waals surface area contributed by atoms with Crippen LogP contribution in [0.3, 0.4) is 0 Å². The van der Waals surface area contributed by atoms with E-state index in [-0.39, 0.29) is 25.0 Å². The molecule has 4 aliphatic rings. The average molecular weight is 702 g/mol. The van der Waals surface area contributed by atoms with E-state index in [0.29, 0.717) is 18.6 Å². The van der Waals surface area contributed by atoms with Crippen LogP contribution in [-0.4, -0.2) is 125 Å². The SMILES string of the molecule is CC[C@@H](O)[C@@](C)(O)[C@@H]1OC(=O)[C@H](C)[C@@H](O[C@H]2CC(C)(OC)[C@@H](O)C(C)O2)[C@H](C)[C@@H](O[C@@H]2OC(C)CC(NC)C2O)[C@]2(C)CC(C)=C(O2)[C@@H]1C. The summed E-state index contributed by atoms with van der Waals surface area (Å²) >= 11 is 0. The van der Waals surface area contributed by atoms with Crippen LogP contribution in [0.25, 0.3) is 0 Å². The second-order valence-electron chi connectivity index (χ2n) is 15.7. The van der Waals surface area contributed by atoms with Crippen LogP contribution in [0.5, 0.6) is 0 Å². The first-order valence-corrected chi connectivity index (χ1v) is 17.9. The molecule has 0 saturated carbocycles. The van der Waals surface area contributed by atoms with Crippen LogP contribution >= 0.6 is 0 Å². The average Bonchev–Trinajstić information content (AvgIpc) is 3.37. The van der Waals surface area contributed by atoms with E-state index >= 15 is 0 Å². The van der Waals surface area contributed by atoms with Gasteiger partial charge in [0, 0.05) is 31.9 Å². The minimum Gasteiger partial charge on any atom is -0.488 e. The van der Waals surface area contributed by atoms with Gasteiger partial charge in [0.25, 0.3) is 0 Å². The largest absolute Gasteiger partial charge is 0.488 e. The maximum atomic E-state index is 14.2. The van der Waals surface area contributed by atoms with E-state index < -0.39 is 95.8 Å². The van der Waals surface area contributed by atoms with Gasteiger partial charge < -0.3 is 58.9 Å². The summed E-state index contributed by atoms with van der Waals surface area (Å²) in [6.07, 6.45) is -7.29. The molecule has 17 atom stereocenters. The molecule has 0 aromatic rings. The second-order valence-corrected chi connectivity index (χ2v) is 15.7. The number of aliphatic hydroxyl groups excluding tert-OH is 3. The van der Waals surface area contributed by atoms with E-state index in [2.05, 4.69) is 5.32 Å². The maximum Gasteiger partial charge on any atom is 0.311 e. The van der Waals surface area contributed by atoms with E-state index in [1.54, 1.807) is 34.7 Å². The molecule has 13 heteroatoms. The number of carbonyl (C=O) groups is 1. The lowest BCUT2D eigenvalue weighted by Crippen LogP contribution is -2.60. The standard InChI is InChI=1S/C36H63NO12/c1-13-24(38)36(10,42)31-19(4)27-17(2)15-35(9,49-27)30(48-33-26(39)23(37-11)14-18(3)44-33)20(5)28(21(6)32(41)47-31)46-25-16-34(8,43-12)29(40)22(7)45-25/h18-26,28-31,33,37-40,42H,13-16H2,1-12H3/t18?,19-,20-,21+,22?,23?,24+,25-,26?,28-,29-,30+,31+,33-,34?,35-,36+/m0/s1. The van der Waals surface area contributed by atoms with Crippen molar-refractivity contribution in [3.63, 3.8) is 0 Å². The zero-order valence-corrected chi connectivity index (χ0v) is 31.5. The highest BCUT2D eigenvalue weighted by atomic mass is 16.7. The Morgan fingerprint density at radius 3 is 2.33 bits per heavy atom. The van der Waals surface area contributed by atoms with Gasteiger partial charge in [0.2, 0.25) is 0 Å². The van der Waals surface area contributed by atoms with Crippen LogP contribution in [0.4, 0.5) is 0 Å². The van der Waals surface area contributed by atoms with Gasteiger partial charge in [0.15, 0.2) is 12.6 Å². The summed E-state index contributed by atoms with van der Waals surface area (Å²) in [5.74, 6) is -2.26. The number of likely N-dealkylation sites (N-methyl/N-ethyl adjacent to an activating group) is 1. The summed E-state index contributed by atoms with van der Waals surface area (Å²) in [5.41, 5.74) is -2.95. The molecule has 0 amide bonds. The van der Waals surface area contributed by atoms with Crippen LogP contribution in [-0.2, 0) is 38.0 Å². The first-order chi connectivity index (χ1) is 22.7. The molecule has 4 heterocycles. The highest BCUT2D eigenvalue weighted by molar-refractivity contribution is 5.73. The topological polar surface area (TPSA) is 175 Å². The van der Waals surface area contributed by atoms with E-state index in [9.17, 15) is 25.2 Å². The molecule has 0 spiro atoms. The molecular weight excluding hydrogens is 638 g/mol. The fourth-order valence-electron chi connectivity index (χ4n) is 8.52.